The molecule has 0 radical (unpaired) electrons. The normalized spacial score (nSPS) is 37.7. The number of allylic oxidation sites excluding steroid dienone is 4. The van der Waals surface area contributed by atoms with Crippen molar-refractivity contribution in [1.82, 2.24) is 0 Å². The summed E-state index contributed by atoms with van der Waals surface area (Å²) in [6, 6.07) is 0. The summed E-state index contributed by atoms with van der Waals surface area (Å²) < 4.78 is 19.1. The van der Waals surface area contributed by atoms with E-state index in [0.29, 0.717) is 24.2 Å². The first-order valence-electron chi connectivity index (χ1n) is 19.0. The Morgan fingerprint density at radius 2 is 1.56 bits per heavy atom. The Bertz CT molecular complexity index is 1500. The Balaban J connectivity index is 1.96. The molecule has 10 heteroatoms. The average Bonchev–Trinajstić information content (AvgIpc) is 3.65. The predicted octanol–water partition coefficient (Wildman–Crippen LogP) is 6.48. The van der Waals surface area contributed by atoms with Crippen molar-refractivity contribution in [2.24, 2.45) is 39.9 Å². The zero-order chi connectivity index (χ0) is 39.1. The number of esters is 2. The van der Waals surface area contributed by atoms with Crippen LogP contribution in [0.4, 0.5) is 0 Å². The number of hydrogen-bond acceptors (Lipinski definition) is 9. The Morgan fingerprint density at radius 3 is 2.08 bits per heavy atom. The highest BCUT2D eigenvalue weighted by atomic mass is 16.6. The topological polar surface area (TPSA) is 160 Å². The first kappa shape index (κ1) is 42.0. The minimum Gasteiger partial charge on any atom is -0.481 e. The van der Waals surface area contributed by atoms with Gasteiger partial charge in [-0.05, 0) is 127 Å². The number of ether oxygens (including phenoxy) is 3. The molecule has 52 heavy (non-hydrogen) atoms. The molecule has 10 nitrogen and oxygen atoms in total. The fraction of sp³-hybridized carbons (Fsp3) is 0.738. The summed E-state index contributed by atoms with van der Waals surface area (Å²) in [5, 5.41) is 43.9. The first-order chi connectivity index (χ1) is 24.1. The second-order valence-corrected chi connectivity index (χ2v) is 17.6. The van der Waals surface area contributed by atoms with Gasteiger partial charge in [0.05, 0.1) is 18.3 Å². The smallest absolute Gasteiger partial charge is 0.339 e. The Labute approximate surface area is 310 Å². The van der Waals surface area contributed by atoms with Gasteiger partial charge in [0.25, 0.3) is 0 Å². The van der Waals surface area contributed by atoms with Crippen molar-refractivity contribution < 1.29 is 49.0 Å². The van der Waals surface area contributed by atoms with Crippen LogP contribution in [0.2, 0.25) is 0 Å². The molecule has 1 saturated heterocycles. The molecular weight excluding hydrogens is 664 g/mol. The van der Waals surface area contributed by atoms with Crippen molar-refractivity contribution in [3.05, 3.63) is 46.6 Å². The number of aliphatic hydroxyl groups is 3. The highest BCUT2D eigenvalue weighted by Crippen LogP contribution is 2.72. The number of fused-ring (bicyclic) bond motifs is 3. The van der Waals surface area contributed by atoms with Crippen molar-refractivity contribution in [2.75, 3.05) is 6.61 Å². The summed E-state index contributed by atoms with van der Waals surface area (Å²) >= 11 is 0. The summed E-state index contributed by atoms with van der Waals surface area (Å²) in [5.74, 6) is -3.55. The number of carbonyl (C=O) groups excluding carboxylic acids is 2. The molecule has 3 fully saturated rings. The van der Waals surface area contributed by atoms with Crippen LogP contribution in [0.5, 0.6) is 0 Å². The van der Waals surface area contributed by atoms with Crippen molar-refractivity contribution in [1.29, 1.82) is 0 Å². The molecule has 292 valence electrons. The van der Waals surface area contributed by atoms with Crippen molar-refractivity contribution in [3.8, 4) is 0 Å². The number of carboxylic acid groups (broad SMARTS) is 1. The van der Waals surface area contributed by atoms with Crippen LogP contribution in [0, 0.1) is 39.9 Å². The summed E-state index contributed by atoms with van der Waals surface area (Å²) in [4.78, 5) is 39.8. The zero-order valence-corrected chi connectivity index (χ0v) is 33.2. The number of rotatable bonds is 12. The van der Waals surface area contributed by atoms with Crippen LogP contribution in [0.1, 0.15) is 115 Å². The van der Waals surface area contributed by atoms with Gasteiger partial charge >= 0.3 is 17.9 Å². The number of carbonyl (C=O) groups is 3. The Morgan fingerprint density at radius 1 is 0.981 bits per heavy atom. The van der Waals surface area contributed by atoms with Crippen LogP contribution in [0.3, 0.4) is 0 Å². The Hall–Kier alpha value is -2.79. The molecule has 0 aromatic carbocycles. The molecule has 4 N–H and O–H groups in total. The monoisotopic (exact) mass is 728 g/mol. The van der Waals surface area contributed by atoms with Gasteiger partial charge in [0.15, 0.2) is 12.2 Å². The highest BCUT2D eigenvalue weighted by molar-refractivity contribution is 5.79. The van der Waals surface area contributed by atoms with Crippen LogP contribution in [0.25, 0.3) is 0 Å². The SMILES string of the molecule is C/C=C(/C)[C@@H](O)C(=O)O[C@@H]1C[C@H](C(C)(C)O)[C@](C)(CCC(=O)O)[C@H]2[C@H](OC(=O)[C@H](O)/C(C)=C/C)C[C@]3(C)C(=CC[C@H]3[C@H]3CO[C@H](C=C(C)C)C3)[C@@]21C. The lowest BCUT2D eigenvalue weighted by Gasteiger charge is -2.67. The third-order valence-electron chi connectivity index (χ3n) is 13.5. The van der Waals surface area contributed by atoms with Gasteiger partial charge in [0.2, 0.25) is 0 Å². The van der Waals surface area contributed by atoms with Crippen LogP contribution < -0.4 is 0 Å². The molecule has 12 atom stereocenters. The summed E-state index contributed by atoms with van der Waals surface area (Å²) in [5.41, 5.74) is -0.749. The fourth-order valence-electron chi connectivity index (χ4n) is 10.9. The molecule has 0 amide bonds. The fourth-order valence-corrected chi connectivity index (χ4v) is 10.9. The van der Waals surface area contributed by atoms with E-state index in [1.165, 1.54) is 5.57 Å². The zero-order valence-electron chi connectivity index (χ0n) is 33.2. The van der Waals surface area contributed by atoms with E-state index in [2.05, 4.69) is 32.9 Å². The lowest BCUT2D eigenvalue weighted by atomic mass is 9.39. The van der Waals surface area contributed by atoms with Gasteiger partial charge < -0.3 is 34.6 Å². The van der Waals surface area contributed by atoms with Gasteiger partial charge in [-0.3, -0.25) is 4.79 Å². The van der Waals surface area contributed by atoms with E-state index in [-0.39, 0.29) is 37.2 Å². The third-order valence-corrected chi connectivity index (χ3v) is 13.5. The van der Waals surface area contributed by atoms with Crippen molar-refractivity contribution in [3.63, 3.8) is 0 Å². The number of hydrogen-bond donors (Lipinski definition) is 4. The molecule has 1 heterocycles. The molecule has 0 unspecified atom stereocenters. The van der Waals surface area contributed by atoms with Gasteiger partial charge in [0.1, 0.15) is 12.2 Å². The van der Waals surface area contributed by atoms with Gasteiger partial charge in [-0.25, -0.2) is 9.59 Å². The minimum absolute atomic E-state index is 0.00580. The van der Waals surface area contributed by atoms with E-state index in [4.69, 9.17) is 14.2 Å². The molecule has 4 aliphatic rings. The van der Waals surface area contributed by atoms with Crippen molar-refractivity contribution >= 4 is 17.9 Å². The summed E-state index contributed by atoms with van der Waals surface area (Å²) in [6.45, 7) is 21.0. The van der Waals surface area contributed by atoms with Gasteiger partial charge in [-0.2, -0.15) is 0 Å². The van der Waals surface area contributed by atoms with E-state index in [9.17, 15) is 34.8 Å². The van der Waals surface area contributed by atoms with Crippen LogP contribution in [-0.4, -0.2) is 81.1 Å². The van der Waals surface area contributed by atoms with E-state index >= 15 is 0 Å². The van der Waals surface area contributed by atoms with Crippen LogP contribution in [0.15, 0.2) is 46.6 Å². The van der Waals surface area contributed by atoms with Gasteiger partial charge in [-0.15, -0.1) is 0 Å². The average molecular weight is 729 g/mol. The largest absolute Gasteiger partial charge is 0.481 e. The molecule has 2 saturated carbocycles. The minimum atomic E-state index is -1.50. The maximum atomic E-state index is 13.9. The van der Waals surface area contributed by atoms with Gasteiger partial charge in [0, 0.05) is 17.8 Å². The number of carboxylic acids is 1. The predicted molar refractivity (Wildman–Crippen MR) is 198 cm³/mol. The second-order valence-electron chi connectivity index (χ2n) is 17.6. The molecule has 1 aliphatic heterocycles. The third kappa shape index (κ3) is 7.73. The molecule has 4 rings (SSSR count). The first-order valence-corrected chi connectivity index (χ1v) is 19.0. The molecule has 0 aromatic rings. The molecule has 0 bridgehead atoms. The molecule has 0 spiro atoms. The lowest BCUT2D eigenvalue weighted by molar-refractivity contribution is -0.241. The quantitative estimate of drug-likeness (QED) is 0.130. The second kappa shape index (κ2) is 15.5. The molecular formula is C42H64O10. The van der Waals surface area contributed by atoms with E-state index in [1.807, 2.05) is 13.8 Å². The summed E-state index contributed by atoms with van der Waals surface area (Å²) in [6.07, 6.45) is 5.11. The Kier molecular flexibility index (Phi) is 12.5. The van der Waals surface area contributed by atoms with E-state index in [1.54, 1.807) is 53.7 Å². The van der Waals surface area contributed by atoms with Crippen molar-refractivity contribution in [2.45, 2.75) is 151 Å². The van der Waals surface area contributed by atoms with Crippen LogP contribution >= 0.6 is 0 Å². The lowest BCUT2D eigenvalue weighted by Crippen LogP contribution is -2.68. The number of aliphatic carboxylic acids is 1. The molecule has 0 aromatic heterocycles. The van der Waals surface area contributed by atoms with Gasteiger partial charge in [-0.1, -0.05) is 56.2 Å². The van der Waals surface area contributed by atoms with Crippen LogP contribution in [-0.2, 0) is 28.6 Å². The standard InChI is InChI=1S/C42H64O10/c1-12-24(5)34(45)37(47)51-29-21-41(10)28(26-19-27(50-22-26)18-23(3)4)14-15-30(41)42(11)32(52-38(48)35(46)25(6)13-2)20-31(39(7,8)49)40(9,36(29)42)17-16-33(43)44/h12-13,15,18,26-29,31-32,34-36,45-46,49H,14,16-17,19-22H2,1-11H3,(H,43,44)/b24-12+,25-13-/t26-,27-,28+,29-,31-,32-,34-,35-,36-,40+,41+,42-/m1/s1. The number of aliphatic hydroxyl groups excluding tert-OH is 2. The maximum absolute atomic E-state index is 13.9. The summed E-state index contributed by atoms with van der Waals surface area (Å²) in [7, 11) is 0. The highest BCUT2D eigenvalue weighted by Gasteiger charge is 2.71. The molecule has 3 aliphatic carbocycles. The maximum Gasteiger partial charge on any atom is 0.339 e. The van der Waals surface area contributed by atoms with E-state index < -0.39 is 76.0 Å². The van der Waals surface area contributed by atoms with E-state index in [0.717, 1.165) is 18.4 Å².